The van der Waals surface area contributed by atoms with E-state index in [9.17, 15) is 4.79 Å². The lowest BCUT2D eigenvalue weighted by Gasteiger charge is -2.11. The molecule has 1 saturated carbocycles. The molecule has 7 heteroatoms. The van der Waals surface area contributed by atoms with Crippen molar-refractivity contribution in [1.82, 2.24) is 9.97 Å². The molecule has 2 aliphatic rings. The first-order valence-electron chi connectivity index (χ1n) is 9.19. The Hall–Kier alpha value is -2.87. The molecule has 2 aromatic heterocycles. The molecule has 5 N–H and O–H groups in total. The second-order valence-corrected chi connectivity index (χ2v) is 7.82. The zero-order valence-corrected chi connectivity index (χ0v) is 15.5. The first kappa shape index (κ1) is 17.2. The molecule has 28 heavy (non-hydrogen) atoms. The Morgan fingerprint density at radius 2 is 1.93 bits per heavy atom. The highest BCUT2D eigenvalue weighted by atomic mass is 16.5. The number of hydrogen-bond donors (Lipinski definition) is 3. The maximum Gasteiger partial charge on any atom is 0.232 e. The van der Waals surface area contributed by atoms with Crippen molar-refractivity contribution in [2.75, 3.05) is 18.5 Å². The number of nitrogens with one attached hydrogen (secondary N) is 1. The van der Waals surface area contributed by atoms with E-state index in [4.69, 9.17) is 16.2 Å². The van der Waals surface area contributed by atoms with Gasteiger partial charge in [-0.1, -0.05) is 12.1 Å². The van der Waals surface area contributed by atoms with Gasteiger partial charge in [-0.2, -0.15) is 0 Å². The smallest absolute Gasteiger partial charge is 0.232 e. The molecule has 1 saturated heterocycles. The van der Waals surface area contributed by atoms with E-state index in [0.717, 1.165) is 27.5 Å². The average Bonchev–Trinajstić information content (AvgIpc) is 2.99. The third-order valence-electron chi connectivity index (χ3n) is 6.08. The van der Waals surface area contributed by atoms with Crippen molar-refractivity contribution in [2.45, 2.75) is 18.0 Å². The van der Waals surface area contributed by atoms with Crippen molar-refractivity contribution in [1.29, 1.82) is 0 Å². The van der Waals surface area contributed by atoms with Crippen LogP contribution in [0.3, 0.4) is 0 Å². The Morgan fingerprint density at radius 3 is 2.68 bits per heavy atom. The van der Waals surface area contributed by atoms with Crippen LogP contribution >= 0.6 is 0 Å². The van der Waals surface area contributed by atoms with E-state index < -0.39 is 17.0 Å². The number of nitrogens with two attached hydrogens (primary N) is 2. The second-order valence-electron chi connectivity index (χ2n) is 7.82. The van der Waals surface area contributed by atoms with E-state index in [1.165, 1.54) is 0 Å². The fraction of sp³-hybridized carbons (Fsp3) is 0.286. The number of amides is 1. The van der Waals surface area contributed by atoms with Crippen molar-refractivity contribution in [3.63, 3.8) is 0 Å². The van der Waals surface area contributed by atoms with Crippen LogP contribution in [0.1, 0.15) is 5.56 Å². The van der Waals surface area contributed by atoms with Gasteiger partial charge in [-0.15, -0.1) is 0 Å². The standard InChI is InChI=1S/C21H21N5O2/c1-12-4-5-24-9-16(12)14-3-2-13-7-17(25-8-15(13)6-14)26-19(27)18-20(22)10-28-11-21(18,20)23/h2-9,18H,10-11,22-23H2,1H3,(H,25,26,27). The largest absolute Gasteiger partial charge is 0.377 e. The number of rotatable bonds is 3. The number of anilines is 1. The molecular weight excluding hydrogens is 354 g/mol. The Balaban J connectivity index is 1.40. The molecule has 3 heterocycles. The van der Waals surface area contributed by atoms with Gasteiger partial charge in [0.2, 0.25) is 5.91 Å². The predicted octanol–water partition coefficient (Wildman–Crippen LogP) is 1.60. The van der Waals surface area contributed by atoms with Crippen molar-refractivity contribution in [2.24, 2.45) is 17.4 Å². The van der Waals surface area contributed by atoms with Crippen molar-refractivity contribution < 1.29 is 9.53 Å². The number of hydrogen-bond acceptors (Lipinski definition) is 6. The number of aromatic nitrogens is 2. The molecule has 0 spiro atoms. The van der Waals surface area contributed by atoms with Crippen LogP contribution in [0, 0.1) is 12.8 Å². The zero-order valence-electron chi connectivity index (χ0n) is 15.5. The van der Waals surface area contributed by atoms with Crippen LogP contribution in [0.5, 0.6) is 0 Å². The molecule has 5 rings (SSSR count). The quantitative estimate of drug-likeness (QED) is 0.640. The fourth-order valence-corrected chi connectivity index (χ4v) is 4.28. The molecule has 2 unspecified atom stereocenters. The summed E-state index contributed by atoms with van der Waals surface area (Å²) in [5.74, 6) is -0.175. The molecule has 2 fully saturated rings. The molecule has 142 valence electrons. The highest BCUT2D eigenvalue weighted by molar-refractivity contribution is 5.99. The van der Waals surface area contributed by atoms with Gasteiger partial charge in [0, 0.05) is 29.5 Å². The lowest BCUT2D eigenvalue weighted by molar-refractivity contribution is -0.118. The van der Waals surface area contributed by atoms with Gasteiger partial charge in [-0.25, -0.2) is 4.98 Å². The van der Waals surface area contributed by atoms with E-state index in [1.54, 1.807) is 12.4 Å². The van der Waals surface area contributed by atoms with Crippen molar-refractivity contribution in [3.8, 4) is 11.1 Å². The number of pyridine rings is 2. The maximum atomic E-state index is 12.6. The van der Waals surface area contributed by atoms with Gasteiger partial charge in [0.1, 0.15) is 5.82 Å². The Morgan fingerprint density at radius 1 is 1.14 bits per heavy atom. The molecule has 7 nitrogen and oxygen atoms in total. The Kier molecular flexibility index (Phi) is 3.58. The highest BCUT2D eigenvalue weighted by Gasteiger charge is 2.79. The highest BCUT2D eigenvalue weighted by Crippen LogP contribution is 2.55. The molecule has 0 radical (unpaired) electrons. The predicted molar refractivity (Wildman–Crippen MR) is 106 cm³/mol. The topological polar surface area (TPSA) is 116 Å². The van der Waals surface area contributed by atoms with E-state index >= 15 is 0 Å². The number of fused-ring (bicyclic) bond motifs is 2. The first-order chi connectivity index (χ1) is 13.4. The van der Waals surface area contributed by atoms with Crippen LogP contribution in [0.25, 0.3) is 21.9 Å². The maximum absolute atomic E-state index is 12.6. The van der Waals surface area contributed by atoms with Gasteiger partial charge in [-0.05, 0) is 41.6 Å². The zero-order chi connectivity index (χ0) is 19.5. The summed E-state index contributed by atoms with van der Waals surface area (Å²) in [6, 6.07) is 9.98. The van der Waals surface area contributed by atoms with Crippen LogP contribution in [-0.4, -0.2) is 40.2 Å². The van der Waals surface area contributed by atoms with Crippen molar-refractivity contribution in [3.05, 3.63) is 54.5 Å². The second kappa shape index (κ2) is 5.81. The molecule has 1 amide bonds. The average molecular weight is 375 g/mol. The molecule has 3 aromatic rings. The first-order valence-corrected chi connectivity index (χ1v) is 9.19. The minimum Gasteiger partial charge on any atom is -0.377 e. The van der Waals surface area contributed by atoms with Crippen LogP contribution in [0.15, 0.2) is 48.9 Å². The summed E-state index contributed by atoms with van der Waals surface area (Å²) < 4.78 is 5.31. The summed E-state index contributed by atoms with van der Waals surface area (Å²) in [6.45, 7) is 2.68. The third kappa shape index (κ3) is 2.37. The van der Waals surface area contributed by atoms with Gasteiger partial charge in [0.15, 0.2) is 0 Å². The molecule has 0 bridgehead atoms. The summed E-state index contributed by atoms with van der Waals surface area (Å²) in [6.07, 6.45) is 5.40. The van der Waals surface area contributed by atoms with Crippen LogP contribution in [0.2, 0.25) is 0 Å². The van der Waals surface area contributed by atoms with Gasteiger partial charge in [-0.3, -0.25) is 9.78 Å². The van der Waals surface area contributed by atoms with E-state index in [0.29, 0.717) is 19.0 Å². The summed E-state index contributed by atoms with van der Waals surface area (Å²) >= 11 is 0. The van der Waals surface area contributed by atoms with Gasteiger partial charge >= 0.3 is 0 Å². The minimum absolute atomic E-state index is 0.206. The molecule has 1 aliphatic heterocycles. The van der Waals surface area contributed by atoms with Crippen molar-refractivity contribution >= 4 is 22.5 Å². The monoisotopic (exact) mass is 375 g/mol. The van der Waals surface area contributed by atoms with Crippen LogP contribution in [-0.2, 0) is 9.53 Å². The number of nitrogens with zero attached hydrogens (tertiary/aromatic N) is 2. The minimum atomic E-state index is -0.773. The summed E-state index contributed by atoms with van der Waals surface area (Å²) in [5, 5.41) is 4.83. The Labute approximate surface area is 162 Å². The lowest BCUT2D eigenvalue weighted by atomic mass is 10.0. The van der Waals surface area contributed by atoms with Gasteiger partial charge in [0.25, 0.3) is 0 Å². The molecule has 2 atom stereocenters. The summed E-state index contributed by atoms with van der Waals surface area (Å²) in [5.41, 5.74) is 14.2. The Bertz CT molecular complexity index is 1100. The third-order valence-corrected chi connectivity index (χ3v) is 6.08. The number of benzene rings is 1. The number of ether oxygens (including phenoxy) is 1. The number of aryl methyl sites for hydroxylation is 1. The summed E-state index contributed by atoms with van der Waals surface area (Å²) in [4.78, 5) is 21.2. The molecule has 1 aromatic carbocycles. The number of carbonyl (C=O) groups is 1. The normalized spacial score (nSPS) is 28.2. The van der Waals surface area contributed by atoms with E-state index in [1.807, 2.05) is 30.5 Å². The molecule has 1 aliphatic carbocycles. The van der Waals surface area contributed by atoms with E-state index in [2.05, 4.69) is 28.3 Å². The van der Waals surface area contributed by atoms with Gasteiger partial charge < -0.3 is 21.5 Å². The summed E-state index contributed by atoms with van der Waals surface area (Å²) in [7, 11) is 0. The van der Waals surface area contributed by atoms with E-state index in [-0.39, 0.29) is 5.91 Å². The lowest BCUT2D eigenvalue weighted by Crippen LogP contribution is -2.39. The van der Waals surface area contributed by atoms with Gasteiger partial charge in [0.05, 0.1) is 30.2 Å². The molecular formula is C21H21N5O2. The van der Waals surface area contributed by atoms with Crippen LogP contribution in [0.4, 0.5) is 5.82 Å². The fourth-order valence-electron chi connectivity index (χ4n) is 4.28. The van der Waals surface area contributed by atoms with Crippen LogP contribution < -0.4 is 16.8 Å². The SMILES string of the molecule is Cc1ccncc1-c1ccc2cc(NC(=O)C3C4(N)COCC34N)ncc2c1. The number of carbonyl (C=O) groups excluding carboxylic acids is 1.